The zero-order valence-corrected chi connectivity index (χ0v) is 11.7. The van der Waals surface area contributed by atoms with Crippen molar-refractivity contribution in [3.63, 3.8) is 0 Å². The number of carbonyl (C=O) groups is 1. The molecule has 0 aromatic carbocycles. The van der Waals surface area contributed by atoms with Crippen LogP contribution in [-0.2, 0) is 10.0 Å². The number of hydrogen-bond donors (Lipinski definition) is 3. The van der Waals surface area contributed by atoms with Crippen molar-refractivity contribution >= 4 is 27.8 Å². The Balaban J connectivity index is 2.91. The summed E-state index contributed by atoms with van der Waals surface area (Å²) < 4.78 is 26.3. The molecule has 0 amide bonds. The molecule has 18 heavy (non-hydrogen) atoms. The summed E-state index contributed by atoms with van der Waals surface area (Å²) >= 11 is 1.61. The van der Waals surface area contributed by atoms with Crippen LogP contribution in [0, 0.1) is 6.92 Å². The Morgan fingerprint density at radius 2 is 2.22 bits per heavy atom. The fraction of sp³-hybridized carbons (Fsp3) is 0.556. The van der Waals surface area contributed by atoms with Gasteiger partial charge in [0, 0.05) is 6.54 Å². The average Bonchev–Trinajstić information content (AvgIpc) is 2.67. The lowest BCUT2D eigenvalue weighted by molar-refractivity contribution is 0.0686. The van der Waals surface area contributed by atoms with Crippen molar-refractivity contribution in [1.82, 2.24) is 14.9 Å². The van der Waals surface area contributed by atoms with Crippen LogP contribution >= 0.6 is 11.8 Å². The van der Waals surface area contributed by atoms with Gasteiger partial charge in [0.15, 0.2) is 5.69 Å². The molecule has 1 aromatic rings. The van der Waals surface area contributed by atoms with Crippen LogP contribution in [-0.4, -0.2) is 48.2 Å². The first kappa shape index (κ1) is 15.0. The van der Waals surface area contributed by atoms with Gasteiger partial charge in [-0.2, -0.15) is 16.9 Å². The quantitative estimate of drug-likeness (QED) is 0.629. The second-order valence-corrected chi connectivity index (χ2v) is 6.27. The van der Waals surface area contributed by atoms with Crippen molar-refractivity contribution in [2.45, 2.75) is 18.2 Å². The molecule has 0 aliphatic carbocycles. The lowest BCUT2D eigenvalue weighted by Gasteiger charge is -2.06. The maximum Gasteiger partial charge on any atom is 0.357 e. The molecule has 7 nitrogen and oxygen atoms in total. The second-order valence-electron chi connectivity index (χ2n) is 3.58. The number of aromatic carboxylic acids is 1. The SMILES string of the molecule is CSCCCNS(=O)(=O)c1c(C(=O)O)n[nH]c1C. The molecular weight excluding hydrogens is 278 g/mol. The highest BCUT2D eigenvalue weighted by molar-refractivity contribution is 7.98. The lowest BCUT2D eigenvalue weighted by Crippen LogP contribution is -2.27. The van der Waals surface area contributed by atoms with Crippen LogP contribution in [0.5, 0.6) is 0 Å². The zero-order valence-electron chi connectivity index (χ0n) is 10.1. The van der Waals surface area contributed by atoms with E-state index in [2.05, 4.69) is 14.9 Å². The van der Waals surface area contributed by atoms with Gasteiger partial charge < -0.3 is 5.11 Å². The fourth-order valence-corrected chi connectivity index (χ4v) is 3.21. The number of nitrogens with one attached hydrogen (secondary N) is 2. The highest BCUT2D eigenvalue weighted by Gasteiger charge is 2.27. The van der Waals surface area contributed by atoms with Crippen LogP contribution in [0.1, 0.15) is 22.6 Å². The molecule has 0 saturated carbocycles. The first-order valence-corrected chi connectivity index (χ1v) is 8.04. The van der Waals surface area contributed by atoms with Gasteiger partial charge in [0.2, 0.25) is 10.0 Å². The first-order valence-electron chi connectivity index (χ1n) is 5.17. The first-order chi connectivity index (χ1) is 8.40. The molecule has 0 atom stereocenters. The van der Waals surface area contributed by atoms with Crippen molar-refractivity contribution in [3.8, 4) is 0 Å². The molecule has 0 aliphatic rings. The molecule has 0 saturated heterocycles. The number of sulfonamides is 1. The second kappa shape index (κ2) is 6.21. The number of aryl methyl sites for hydroxylation is 1. The minimum Gasteiger partial charge on any atom is -0.476 e. The summed E-state index contributed by atoms with van der Waals surface area (Å²) in [5.74, 6) is -0.539. The topological polar surface area (TPSA) is 112 Å². The van der Waals surface area contributed by atoms with Crippen molar-refractivity contribution < 1.29 is 18.3 Å². The molecule has 0 unspecified atom stereocenters. The molecule has 9 heteroatoms. The number of aromatic amines is 1. The highest BCUT2D eigenvalue weighted by atomic mass is 32.2. The molecule has 1 rings (SSSR count). The smallest absolute Gasteiger partial charge is 0.357 e. The molecule has 0 aliphatic heterocycles. The van der Waals surface area contributed by atoms with Gasteiger partial charge in [-0.3, -0.25) is 5.10 Å². The van der Waals surface area contributed by atoms with Gasteiger partial charge >= 0.3 is 5.97 Å². The van der Waals surface area contributed by atoms with E-state index in [0.717, 1.165) is 5.75 Å². The predicted octanol–water partition coefficient (Wildman–Crippen LogP) is 0.448. The lowest BCUT2D eigenvalue weighted by atomic mass is 10.4. The van der Waals surface area contributed by atoms with E-state index >= 15 is 0 Å². The number of hydrogen-bond acceptors (Lipinski definition) is 5. The Morgan fingerprint density at radius 3 is 2.78 bits per heavy atom. The van der Waals surface area contributed by atoms with Crippen molar-refractivity contribution in [2.24, 2.45) is 0 Å². The monoisotopic (exact) mass is 293 g/mol. The summed E-state index contributed by atoms with van der Waals surface area (Å²) in [5, 5.41) is 14.7. The Morgan fingerprint density at radius 1 is 1.56 bits per heavy atom. The third kappa shape index (κ3) is 3.47. The summed E-state index contributed by atoms with van der Waals surface area (Å²) in [6.45, 7) is 1.74. The number of H-pyrrole nitrogens is 1. The van der Waals surface area contributed by atoms with Gasteiger partial charge in [0.1, 0.15) is 4.90 Å². The summed E-state index contributed by atoms with van der Waals surface area (Å²) in [7, 11) is -3.84. The number of aromatic nitrogens is 2. The van der Waals surface area contributed by atoms with Gasteiger partial charge in [-0.15, -0.1) is 0 Å². The Labute approximate surface area is 109 Å². The van der Waals surface area contributed by atoms with E-state index in [1.807, 2.05) is 6.26 Å². The van der Waals surface area contributed by atoms with E-state index in [9.17, 15) is 13.2 Å². The fourth-order valence-electron chi connectivity index (χ4n) is 1.39. The van der Waals surface area contributed by atoms with Gasteiger partial charge in [-0.25, -0.2) is 17.9 Å². The van der Waals surface area contributed by atoms with Crippen LogP contribution in [0.2, 0.25) is 0 Å². The van der Waals surface area contributed by atoms with Gasteiger partial charge in [-0.05, 0) is 25.4 Å². The molecule has 0 fully saturated rings. The van der Waals surface area contributed by atoms with E-state index in [-0.39, 0.29) is 17.1 Å². The standard InChI is InChI=1S/C9H15N3O4S2/c1-6-8(7(9(13)14)12-11-6)18(15,16)10-4-3-5-17-2/h10H,3-5H2,1-2H3,(H,11,12)(H,13,14). The molecule has 0 spiro atoms. The maximum absolute atomic E-state index is 12.0. The summed E-state index contributed by atoms with van der Waals surface area (Å²) in [6.07, 6.45) is 2.61. The Kier molecular flexibility index (Phi) is 5.17. The van der Waals surface area contributed by atoms with E-state index in [1.54, 1.807) is 11.8 Å². The number of thioether (sulfide) groups is 1. The molecular formula is C9H15N3O4S2. The molecule has 1 heterocycles. The maximum atomic E-state index is 12.0. The summed E-state index contributed by atoms with van der Waals surface area (Å²) in [6, 6.07) is 0. The third-order valence-electron chi connectivity index (χ3n) is 2.18. The van der Waals surface area contributed by atoms with Gasteiger partial charge in [0.05, 0.1) is 5.69 Å². The number of carboxylic acid groups (broad SMARTS) is 1. The van der Waals surface area contributed by atoms with Crippen LogP contribution in [0.3, 0.4) is 0 Å². The van der Waals surface area contributed by atoms with E-state index < -0.39 is 21.7 Å². The summed E-state index contributed by atoms with van der Waals surface area (Å²) in [5.41, 5.74) is -0.269. The molecule has 3 N–H and O–H groups in total. The third-order valence-corrected chi connectivity index (χ3v) is 4.50. The van der Waals surface area contributed by atoms with Gasteiger partial charge in [-0.1, -0.05) is 0 Å². The van der Waals surface area contributed by atoms with Gasteiger partial charge in [0.25, 0.3) is 0 Å². The molecule has 0 bridgehead atoms. The van der Waals surface area contributed by atoms with Crippen molar-refractivity contribution in [3.05, 3.63) is 11.4 Å². The van der Waals surface area contributed by atoms with Crippen LogP contribution in [0.15, 0.2) is 4.90 Å². The molecule has 102 valence electrons. The minimum atomic E-state index is -3.84. The Hall–Kier alpha value is -1.06. The van der Waals surface area contributed by atoms with E-state index in [0.29, 0.717) is 6.42 Å². The van der Waals surface area contributed by atoms with E-state index in [1.165, 1.54) is 6.92 Å². The summed E-state index contributed by atoms with van der Waals surface area (Å²) in [4.78, 5) is 10.6. The van der Waals surface area contributed by atoms with Crippen molar-refractivity contribution in [2.75, 3.05) is 18.6 Å². The van der Waals surface area contributed by atoms with Crippen LogP contribution in [0.4, 0.5) is 0 Å². The number of carboxylic acids is 1. The Bertz CT molecular complexity index is 524. The normalized spacial score (nSPS) is 11.7. The number of nitrogens with zero attached hydrogens (tertiary/aromatic N) is 1. The van der Waals surface area contributed by atoms with E-state index in [4.69, 9.17) is 5.11 Å². The molecule has 1 aromatic heterocycles. The van der Waals surface area contributed by atoms with Crippen LogP contribution in [0.25, 0.3) is 0 Å². The zero-order chi connectivity index (χ0) is 13.8. The number of rotatable bonds is 7. The highest BCUT2D eigenvalue weighted by Crippen LogP contribution is 2.17. The minimum absolute atomic E-state index is 0.213. The predicted molar refractivity (Wildman–Crippen MR) is 68.5 cm³/mol. The largest absolute Gasteiger partial charge is 0.476 e. The molecule has 0 radical (unpaired) electrons. The van der Waals surface area contributed by atoms with Crippen molar-refractivity contribution in [1.29, 1.82) is 0 Å². The average molecular weight is 293 g/mol. The van der Waals surface area contributed by atoms with Crippen LogP contribution < -0.4 is 4.72 Å².